The zero-order valence-corrected chi connectivity index (χ0v) is 28.7. The molecule has 0 spiro atoms. The van der Waals surface area contributed by atoms with Crippen LogP contribution in [-0.4, -0.2) is 81.6 Å². The highest BCUT2D eigenvalue weighted by Crippen LogP contribution is 2.27. The number of hydrogen-bond donors (Lipinski definition) is 2. The number of halogens is 2. The molecular formula is C38H47F2N5O4. The lowest BCUT2D eigenvalue weighted by atomic mass is 9.90. The van der Waals surface area contributed by atoms with Crippen LogP contribution in [0.2, 0.25) is 0 Å². The van der Waals surface area contributed by atoms with Crippen LogP contribution in [0.3, 0.4) is 0 Å². The summed E-state index contributed by atoms with van der Waals surface area (Å²) in [6, 6.07) is 14.2. The second kappa shape index (κ2) is 17.3. The van der Waals surface area contributed by atoms with E-state index >= 15 is 4.39 Å². The highest BCUT2D eigenvalue weighted by atomic mass is 19.1. The molecule has 49 heavy (non-hydrogen) atoms. The quantitative estimate of drug-likeness (QED) is 0.225. The minimum atomic E-state index is -0.387. The molecule has 3 aromatic rings. The summed E-state index contributed by atoms with van der Waals surface area (Å²) in [6.45, 7) is 8.76. The summed E-state index contributed by atoms with van der Waals surface area (Å²) in [6.07, 6.45) is 2.63. The number of carbonyl (C=O) groups excluding carboxylic acids is 2. The van der Waals surface area contributed by atoms with Crippen molar-refractivity contribution in [2.75, 3.05) is 70.7 Å². The Bertz CT molecular complexity index is 1730. The molecule has 1 fully saturated rings. The van der Waals surface area contributed by atoms with Crippen LogP contribution < -0.4 is 30.7 Å². The first-order valence-corrected chi connectivity index (χ1v) is 17.1. The molecule has 0 aliphatic carbocycles. The summed E-state index contributed by atoms with van der Waals surface area (Å²) >= 11 is 0. The largest absolute Gasteiger partial charge is 0.493 e. The van der Waals surface area contributed by atoms with Gasteiger partial charge in [-0.15, -0.1) is 0 Å². The first-order valence-electron chi connectivity index (χ1n) is 17.1. The van der Waals surface area contributed by atoms with Gasteiger partial charge in [0, 0.05) is 74.8 Å². The molecule has 0 unspecified atom stereocenters. The molecule has 1 saturated heterocycles. The molecule has 3 aromatic carbocycles. The number of nitrogens with zero attached hydrogens (tertiary/aromatic N) is 3. The zero-order valence-electron chi connectivity index (χ0n) is 28.7. The lowest BCUT2D eigenvalue weighted by Gasteiger charge is -2.32. The topological polar surface area (TPSA) is 95.5 Å². The SMILES string of the molecule is COc1cc2c(cc1OCCCN1CCN(C)CC1)=NC[C@@H](C)C=2CCc1ccc(NC(=O)CCCC(=O)Nc2ccc(F)cc2)cc1F. The second-order valence-electron chi connectivity index (χ2n) is 12.9. The van der Waals surface area contributed by atoms with E-state index in [9.17, 15) is 14.0 Å². The number of aryl methyl sites for hydroxylation is 1. The van der Waals surface area contributed by atoms with Crippen LogP contribution in [0.1, 0.15) is 44.6 Å². The molecule has 2 amide bonds. The molecule has 11 heteroatoms. The highest BCUT2D eigenvalue weighted by Gasteiger charge is 2.19. The Morgan fingerprint density at radius 1 is 0.878 bits per heavy atom. The van der Waals surface area contributed by atoms with Crippen molar-refractivity contribution < 1.29 is 27.8 Å². The van der Waals surface area contributed by atoms with Gasteiger partial charge in [0.15, 0.2) is 11.5 Å². The highest BCUT2D eigenvalue weighted by molar-refractivity contribution is 5.93. The van der Waals surface area contributed by atoms with Gasteiger partial charge in [-0.25, -0.2) is 8.78 Å². The summed E-state index contributed by atoms with van der Waals surface area (Å²) < 4.78 is 40.1. The number of ether oxygens (including phenoxy) is 2. The molecule has 2 N–H and O–H groups in total. The van der Waals surface area contributed by atoms with Crippen molar-refractivity contribution >= 4 is 28.8 Å². The molecule has 1 atom stereocenters. The van der Waals surface area contributed by atoms with Gasteiger partial charge in [-0.1, -0.05) is 18.6 Å². The van der Waals surface area contributed by atoms with E-state index < -0.39 is 0 Å². The average molecular weight is 676 g/mol. The van der Waals surface area contributed by atoms with Gasteiger partial charge < -0.3 is 29.9 Å². The van der Waals surface area contributed by atoms with Crippen LogP contribution in [0.25, 0.3) is 5.57 Å². The third-order valence-corrected chi connectivity index (χ3v) is 9.17. The van der Waals surface area contributed by atoms with E-state index in [1.165, 1.54) is 35.9 Å². The van der Waals surface area contributed by atoms with Crippen LogP contribution in [0.5, 0.6) is 11.5 Å². The molecule has 5 rings (SSSR count). The molecule has 9 nitrogen and oxygen atoms in total. The fourth-order valence-corrected chi connectivity index (χ4v) is 6.23. The van der Waals surface area contributed by atoms with E-state index in [2.05, 4.69) is 34.4 Å². The number of rotatable bonds is 15. The van der Waals surface area contributed by atoms with E-state index in [1.807, 2.05) is 12.1 Å². The third kappa shape index (κ3) is 10.3. The Morgan fingerprint density at radius 2 is 1.57 bits per heavy atom. The fraction of sp³-hybridized carbons (Fsp3) is 0.447. The molecule has 2 aliphatic rings. The van der Waals surface area contributed by atoms with Gasteiger partial charge in [-0.2, -0.15) is 0 Å². The molecule has 0 radical (unpaired) electrons. The Labute approximate surface area is 287 Å². The Kier molecular flexibility index (Phi) is 12.7. The van der Waals surface area contributed by atoms with Gasteiger partial charge in [-0.05, 0) is 86.7 Å². The molecular weight excluding hydrogens is 628 g/mol. The van der Waals surface area contributed by atoms with Gasteiger partial charge in [0.25, 0.3) is 0 Å². The lowest BCUT2D eigenvalue weighted by Crippen LogP contribution is -2.44. The van der Waals surface area contributed by atoms with Crippen LogP contribution in [0.15, 0.2) is 59.6 Å². The van der Waals surface area contributed by atoms with Crippen LogP contribution in [0.4, 0.5) is 20.2 Å². The van der Waals surface area contributed by atoms with E-state index in [4.69, 9.17) is 14.5 Å². The predicted octanol–water partition coefficient (Wildman–Crippen LogP) is 4.79. The van der Waals surface area contributed by atoms with E-state index in [-0.39, 0.29) is 42.2 Å². The lowest BCUT2D eigenvalue weighted by molar-refractivity contribution is -0.117. The van der Waals surface area contributed by atoms with E-state index in [0.717, 1.165) is 49.7 Å². The van der Waals surface area contributed by atoms with E-state index in [0.29, 0.717) is 60.9 Å². The van der Waals surface area contributed by atoms with Crippen molar-refractivity contribution in [3.63, 3.8) is 0 Å². The molecule has 0 aromatic heterocycles. The van der Waals surface area contributed by atoms with Gasteiger partial charge in [0.2, 0.25) is 11.8 Å². The second-order valence-corrected chi connectivity index (χ2v) is 12.9. The number of methoxy groups -OCH3 is 1. The van der Waals surface area contributed by atoms with Gasteiger partial charge in [0.1, 0.15) is 11.6 Å². The Hall–Kier alpha value is -4.35. The number of likely N-dealkylation sites (N-methyl/N-ethyl adjacent to an activating group) is 1. The standard InChI is InChI=1S/C38H47F2N5O4/c1-26-25-41-34-24-36(49-21-5-16-45-19-17-44(2)18-20-45)35(48-3)23-32(34)31(26)15-9-27-8-12-30(22-33(27)40)43-38(47)7-4-6-37(46)42-29-13-10-28(39)11-14-29/h8,10-14,22-24,26H,4-7,9,15-21,25H2,1-3H3,(H,42,46)(H,43,47)/t26-/m1/s1. The first-order chi connectivity index (χ1) is 23.7. The van der Waals surface area contributed by atoms with E-state index in [1.54, 1.807) is 19.2 Å². The monoisotopic (exact) mass is 675 g/mol. The molecule has 0 saturated carbocycles. The number of carbonyl (C=O) groups is 2. The number of amides is 2. The molecule has 262 valence electrons. The number of fused-ring (bicyclic) bond motifs is 1. The van der Waals surface area contributed by atoms with Crippen molar-refractivity contribution in [3.8, 4) is 11.5 Å². The van der Waals surface area contributed by atoms with Crippen LogP contribution in [0, 0.1) is 17.6 Å². The molecule has 0 bridgehead atoms. The van der Waals surface area contributed by atoms with Crippen LogP contribution >= 0.6 is 0 Å². The van der Waals surface area contributed by atoms with Crippen molar-refractivity contribution in [1.29, 1.82) is 0 Å². The maximum atomic E-state index is 15.2. The van der Waals surface area contributed by atoms with Crippen LogP contribution in [-0.2, 0) is 16.0 Å². The van der Waals surface area contributed by atoms with Crippen molar-refractivity contribution in [3.05, 3.63) is 82.4 Å². The third-order valence-electron chi connectivity index (χ3n) is 9.17. The normalized spacial score (nSPS) is 16.4. The predicted molar refractivity (Wildman–Crippen MR) is 187 cm³/mol. The summed E-state index contributed by atoms with van der Waals surface area (Å²) in [5.74, 6) is 0.212. The molecule has 2 heterocycles. The summed E-state index contributed by atoms with van der Waals surface area (Å²) in [7, 11) is 3.80. The zero-order chi connectivity index (χ0) is 34.8. The van der Waals surface area contributed by atoms with Gasteiger partial charge in [0.05, 0.1) is 19.1 Å². The average Bonchev–Trinajstić information content (AvgIpc) is 3.08. The van der Waals surface area contributed by atoms with Crippen molar-refractivity contribution in [1.82, 2.24) is 9.80 Å². The first kappa shape index (κ1) is 35.9. The minimum absolute atomic E-state index is 0.105. The number of piperazine rings is 1. The van der Waals surface area contributed by atoms with Crippen molar-refractivity contribution in [2.24, 2.45) is 10.9 Å². The summed E-state index contributed by atoms with van der Waals surface area (Å²) in [5.41, 5.74) is 2.62. The number of anilines is 2. The van der Waals surface area contributed by atoms with Crippen molar-refractivity contribution in [2.45, 2.75) is 45.4 Å². The smallest absolute Gasteiger partial charge is 0.224 e. The molecule has 2 aliphatic heterocycles. The number of hydrogen-bond acceptors (Lipinski definition) is 7. The Balaban J connectivity index is 1.13. The minimum Gasteiger partial charge on any atom is -0.493 e. The Morgan fingerprint density at radius 3 is 2.27 bits per heavy atom. The number of nitrogens with one attached hydrogen (secondary N) is 2. The maximum Gasteiger partial charge on any atom is 0.224 e. The number of benzene rings is 3. The fourth-order valence-electron chi connectivity index (χ4n) is 6.23. The summed E-state index contributed by atoms with van der Waals surface area (Å²) in [4.78, 5) is 34.2. The van der Waals surface area contributed by atoms with Gasteiger partial charge >= 0.3 is 0 Å². The maximum absolute atomic E-state index is 15.2. The summed E-state index contributed by atoms with van der Waals surface area (Å²) in [5, 5.41) is 7.27. The van der Waals surface area contributed by atoms with Gasteiger partial charge in [-0.3, -0.25) is 14.6 Å².